The third kappa shape index (κ3) is 3.09. The molecule has 2 rings (SSSR count). The molecule has 0 fully saturated rings. The van der Waals surface area contributed by atoms with Gasteiger partial charge in [0.15, 0.2) is 0 Å². The Bertz CT molecular complexity index is 543. The van der Waals surface area contributed by atoms with Crippen LogP contribution in [0.15, 0.2) is 41.0 Å². The van der Waals surface area contributed by atoms with Gasteiger partial charge in [-0.1, -0.05) is 22.0 Å². The van der Waals surface area contributed by atoms with Crippen LogP contribution in [0.3, 0.4) is 0 Å². The van der Waals surface area contributed by atoms with Crippen molar-refractivity contribution in [2.45, 2.75) is 20.1 Å². The second-order valence-corrected chi connectivity index (χ2v) is 4.82. The number of aliphatic hydroxyl groups is 1. The topological polar surface area (TPSA) is 42.4 Å². The number of aliphatic hydroxyl groups excluding tert-OH is 1. The quantitative estimate of drug-likeness (QED) is 0.943. The third-order valence-corrected chi connectivity index (χ3v) is 3.45. The van der Waals surface area contributed by atoms with Crippen molar-refractivity contribution in [3.05, 3.63) is 57.8 Å². The first-order chi connectivity index (χ1) is 8.70. The molecule has 0 amide bonds. The number of hydrogen-bond donors (Lipinski definition) is 1. The molecule has 0 aliphatic heterocycles. The fraction of sp³-hybridized carbons (Fsp3) is 0.214. The lowest BCUT2D eigenvalue weighted by Crippen LogP contribution is -2.01. The molecule has 0 saturated heterocycles. The zero-order valence-electron chi connectivity index (χ0n) is 10.1. The monoisotopic (exact) mass is 307 g/mol. The summed E-state index contributed by atoms with van der Waals surface area (Å²) >= 11 is 3.37. The van der Waals surface area contributed by atoms with Crippen molar-refractivity contribution in [2.24, 2.45) is 0 Å². The SMILES string of the molecule is Cc1cccnc1COc1ccc(Br)c(CO)c1. The lowest BCUT2D eigenvalue weighted by molar-refractivity contribution is 0.276. The number of hydrogen-bond acceptors (Lipinski definition) is 3. The molecule has 0 unspecified atom stereocenters. The second-order valence-electron chi connectivity index (χ2n) is 3.97. The molecule has 0 aliphatic rings. The maximum Gasteiger partial charge on any atom is 0.130 e. The van der Waals surface area contributed by atoms with Crippen molar-refractivity contribution in [3.63, 3.8) is 0 Å². The van der Waals surface area contributed by atoms with Crippen molar-refractivity contribution >= 4 is 15.9 Å². The van der Waals surface area contributed by atoms with Gasteiger partial charge in [-0.15, -0.1) is 0 Å². The van der Waals surface area contributed by atoms with Crippen LogP contribution in [0.1, 0.15) is 16.8 Å². The Kier molecular flexibility index (Phi) is 4.33. The maximum absolute atomic E-state index is 9.17. The second kappa shape index (κ2) is 5.98. The molecule has 4 heteroatoms. The molecule has 94 valence electrons. The highest BCUT2D eigenvalue weighted by Crippen LogP contribution is 2.23. The maximum atomic E-state index is 9.17. The number of pyridine rings is 1. The summed E-state index contributed by atoms with van der Waals surface area (Å²) in [6, 6.07) is 9.46. The Hall–Kier alpha value is -1.39. The van der Waals surface area contributed by atoms with Crippen molar-refractivity contribution in [2.75, 3.05) is 0 Å². The largest absolute Gasteiger partial charge is 0.487 e. The van der Waals surface area contributed by atoms with Crippen LogP contribution in [0.25, 0.3) is 0 Å². The van der Waals surface area contributed by atoms with E-state index in [1.807, 2.05) is 37.3 Å². The zero-order valence-corrected chi connectivity index (χ0v) is 11.6. The highest BCUT2D eigenvalue weighted by molar-refractivity contribution is 9.10. The molecular formula is C14H14BrNO2. The Labute approximate surface area is 115 Å². The predicted molar refractivity (Wildman–Crippen MR) is 73.4 cm³/mol. The number of aryl methyl sites for hydroxylation is 1. The number of ether oxygens (including phenoxy) is 1. The average Bonchev–Trinajstić information content (AvgIpc) is 2.39. The fourth-order valence-corrected chi connectivity index (χ4v) is 1.96. The first-order valence-electron chi connectivity index (χ1n) is 5.63. The highest BCUT2D eigenvalue weighted by atomic mass is 79.9. The minimum Gasteiger partial charge on any atom is -0.487 e. The molecule has 1 aromatic heterocycles. The summed E-state index contributed by atoms with van der Waals surface area (Å²) in [5.74, 6) is 0.729. The fourth-order valence-electron chi connectivity index (χ4n) is 1.58. The molecular weight excluding hydrogens is 294 g/mol. The van der Waals surface area contributed by atoms with Gasteiger partial charge >= 0.3 is 0 Å². The van der Waals surface area contributed by atoms with Gasteiger partial charge in [0, 0.05) is 10.7 Å². The van der Waals surface area contributed by atoms with E-state index < -0.39 is 0 Å². The summed E-state index contributed by atoms with van der Waals surface area (Å²) in [4.78, 5) is 4.27. The van der Waals surface area contributed by atoms with Gasteiger partial charge in [0.1, 0.15) is 12.4 Å². The van der Waals surface area contributed by atoms with Crippen molar-refractivity contribution < 1.29 is 9.84 Å². The molecule has 0 radical (unpaired) electrons. The van der Waals surface area contributed by atoms with E-state index in [9.17, 15) is 5.11 Å². The predicted octanol–water partition coefficient (Wildman–Crippen LogP) is 3.22. The summed E-state index contributed by atoms with van der Waals surface area (Å²) in [7, 11) is 0. The van der Waals surface area contributed by atoms with Crippen LogP contribution in [0.4, 0.5) is 0 Å². The van der Waals surface area contributed by atoms with Gasteiger partial charge < -0.3 is 9.84 Å². The molecule has 2 aromatic rings. The molecule has 1 N–H and O–H groups in total. The number of rotatable bonds is 4. The molecule has 18 heavy (non-hydrogen) atoms. The van der Waals surface area contributed by atoms with E-state index in [1.165, 1.54) is 0 Å². The number of aromatic nitrogens is 1. The van der Waals surface area contributed by atoms with Gasteiger partial charge in [0.05, 0.1) is 12.3 Å². The molecule has 0 aliphatic carbocycles. The van der Waals surface area contributed by atoms with Crippen LogP contribution in [0, 0.1) is 6.92 Å². The standard InChI is InChI=1S/C14H14BrNO2/c1-10-3-2-6-16-14(10)9-18-12-4-5-13(15)11(7-12)8-17/h2-7,17H,8-9H2,1H3. The Morgan fingerprint density at radius 2 is 2.17 bits per heavy atom. The van der Waals surface area contributed by atoms with Crippen LogP contribution in [-0.2, 0) is 13.2 Å². The Balaban J connectivity index is 2.09. The van der Waals surface area contributed by atoms with E-state index in [0.29, 0.717) is 6.61 Å². The molecule has 0 spiro atoms. The molecule has 1 aromatic carbocycles. The Morgan fingerprint density at radius 1 is 1.33 bits per heavy atom. The van der Waals surface area contributed by atoms with Crippen LogP contribution >= 0.6 is 15.9 Å². The minimum atomic E-state index is -0.0135. The first-order valence-corrected chi connectivity index (χ1v) is 6.42. The average molecular weight is 308 g/mol. The lowest BCUT2D eigenvalue weighted by Gasteiger charge is -2.09. The Morgan fingerprint density at radius 3 is 2.89 bits per heavy atom. The van der Waals surface area contributed by atoms with Gasteiger partial charge in [-0.25, -0.2) is 0 Å². The molecule has 1 heterocycles. The summed E-state index contributed by atoms with van der Waals surface area (Å²) in [6.07, 6.45) is 1.76. The number of halogens is 1. The van der Waals surface area contributed by atoms with Crippen LogP contribution in [-0.4, -0.2) is 10.1 Å². The number of nitrogens with zero attached hydrogens (tertiary/aromatic N) is 1. The van der Waals surface area contributed by atoms with Gasteiger partial charge in [0.2, 0.25) is 0 Å². The molecule has 0 bridgehead atoms. The van der Waals surface area contributed by atoms with Crippen LogP contribution in [0.5, 0.6) is 5.75 Å². The summed E-state index contributed by atoms with van der Waals surface area (Å²) in [5, 5.41) is 9.17. The first kappa shape index (κ1) is 13.1. The molecule has 0 atom stereocenters. The van der Waals surface area contributed by atoms with E-state index in [2.05, 4.69) is 20.9 Å². The van der Waals surface area contributed by atoms with Gasteiger partial charge in [-0.05, 0) is 42.3 Å². The summed E-state index contributed by atoms with van der Waals surface area (Å²) < 4.78 is 6.56. The van der Waals surface area contributed by atoms with Crippen molar-refractivity contribution in [1.82, 2.24) is 4.98 Å². The highest BCUT2D eigenvalue weighted by Gasteiger charge is 2.03. The van der Waals surface area contributed by atoms with Crippen LogP contribution in [0.2, 0.25) is 0 Å². The number of benzene rings is 1. The van der Waals surface area contributed by atoms with E-state index in [-0.39, 0.29) is 6.61 Å². The van der Waals surface area contributed by atoms with Gasteiger partial charge in [-0.3, -0.25) is 4.98 Å². The normalized spacial score (nSPS) is 10.4. The smallest absolute Gasteiger partial charge is 0.130 e. The van der Waals surface area contributed by atoms with Gasteiger partial charge in [-0.2, -0.15) is 0 Å². The summed E-state index contributed by atoms with van der Waals surface area (Å²) in [6.45, 7) is 2.42. The molecule has 3 nitrogen and oxygen atoms in total. The van der Waals surface area contributed by atoms with E-state index in [1.54, 1.807) is 6.20 Å². The third-order valence-electron chi connectivity index (χ3n) is 2.68. The van der Waals surface area contributed by atoms with Crippen molar-refractivity contribution in [1.29, 1.82) is 0 Å². The minimum absolute atomic E-state index is 0.0135. The zero-order chi connectivity index (χ0) is 13.0. The van der Waals surface area contributed by atoms with Gasteiger partial charge in [0.25, 0.3) is 0 Å². The van der Waals surface area contributed by atoms with Crippen molar-refractivity contribution in [3.8, 4) is 5.75 Å². The van der Waals surface area contributed by atoms with E-state index in [4.69, 9.17) is 4.74 Å². The molecule has 0 saturated carbocycles. The van der Waals surface area contributed by atoms with E-state index in [0.717, 1.165) is 27.0 Å². The lowest BCUT2D eigenvalue weighted by atomic mass is 10.2. The summed E-state index contributed by atoms with van der Waals surface area (Å²) in [5.41, 5.74) is 2.84. The van der Waals surface area contributed by atoms with E-state index >= 15 is 0 Å². The van der Waals surface area contributed by atoms with Crippen LogP contribution < -0.4 is 4.74 Å².